The van der Waals surface area contributed by atoms with Gasteiger partial charge in [0.2, 0.25) is 5.91 Å². The molecule has 0 unspecified atom stereocenters. The van der Waals surface area contributed by atoms with Gasteiger partial charge in [0.25, 0.3) is 0 Å². The number of carbonyl (C=O) groups excluding carboxylic acids is 1. The van der Waals surface area contributed by atoms with Gasteiger partial charge in [0.1, 0.15) is 5.83 Å². The second kappa shape index (κ2) is 2.17. The fraction of sp³-hybridized carbons (Fsp3) is 0.500. The SMILES string of the molecule is NC(=O)C1=C(F)CCC1. The lowest BCUT2D eigenvalue weighted by molar-refractivity contribution is -0.114. The van der Waals surface area contributed by atoms with E-state index in [0.717, 1.165) is 6.42 Å². The summed E-state index contributed by atoms with van der Waals surface area (Å²) >= 11 is 0. The van der Waals surface area contributed by atoms with Crippen LogP contribution in [0.3, 0.4) is 0 Å². The summed E-state index contributed by atoms with van der Waals surface area (Å²) < 4.78 is 12.4. The smallest absolute Gasteiger partial charge is 0.247 e. The van der Waals surface area contributed by atoms with Gasteiger partial charge >= 0.3 is 0 Å². The van der Waals surface area contributed by atoms with Crippen LogP contribution in [0.25, 0.3) is 0 Å². The van der Waals surface area contributed by atoms with E-state index in [1.165, 1.54) is 0 Å². The lowest BCUT2D eigenvalue weighted by Crippen LogP contribution is -2.12. The van der Waals surface area contributed by atoms with Crippen LogP contribution >= 0.6 is 0 Å². The van der Waals surface area contributed by atoms with Crippen molar-refractivity contribution in [2.45, 2.75) is 19.3 Å². The lowest BCUT2D eigenvalue weighted by Gasteiger charge is -1.90. The van der Waals surface area contributed by atoms with Crippen LogP contribution < -0.4 is 5.73 Å². The molecule has 2 N–H and O–H groups in total. The largest absolute Gasteiger partial charge is 0.366 e. The van der Waals surface area contributed by atoms with E-state index >= 15 is 0 Å². The molecule has 0 saturated carbocycles. The molecule has 0 fully saturated rings. The molecule has 0 spiro atoms. The quantitative estimate of drug-likeness (QED) is 0.561. The molecule has 0 heterocycles. The fourth-order valence-corrected chi connectivity index (χ4v) is 0.964. The van der Waals surface area contributed by atoms with Gasteiger partial charge in [-0.15, -0.1) is 0 Å². The molecule has 1 aliphatic carbocycles. The number of allylic oxidation sites excluding steroid dienone is 1. The van der Waals surface area contributed by atoms with Crippen LogP contribution in [0.2, 0.25) is 0 Å². The highest BCUT2D eigenvalue weighted by molar-refractivity contribution is 5.92. The van der Waals surface area contributed by atoms with Gasteiger partial charge in [0.15, 0.2) is 0 Å². The maximum atomic E-state index is 12.4. The van der Waals surface area contributed by atoms with E-state index in [4.69, 9.17) is 5.73 Å². The zero-order valence-corrected chi connectivity index (χ0v) is 4.98. The summed E-state index contributed by atoms with van der Waals surface area (Å²) in [5.41, 5.74) is 5.04. The molecule has 1 aliphatic rings. The Kier molecular flexibility index (Phi) is 1.51. The van der Waals surface area contributed by atoms with E-state index in [2.05, 4.69) is 0 Å². The Hall–Kier alpha value is -0.860. The third-order valence-corrected chi connectivity index (χ3v) is 1.45. The van der Waals surface area contributed by atoms with Crippen molar-refractivity contribution in [1.82, 2.24) is 0 Å². The Morgan fingerprint density at radius 3 is 2.44 bits per heavy atom. The molecular formula is C6H8FNO. The van der Waals surface area contributed by atoms with Crippen LogP contribution in [0.4, 0.5) is 4.39 Å². The summed E-state index contributed by atoms with van der Waals surface area (Å²) in [5.74, 6) is -0.924. The molecule has 0 atom stereocenters. The van der Waals surface area contributed by atoms with Gasteiger partial charge in [-0.2, -0.15) is 0 Å². The van der Waals surface area contributed by atoms with Gasteiger partial charge < -0.3 is 5.73 Å². The third-order valence-electron chi connectivity index (χ3n) is 1.45. The number of carbonyl (C=O) groups is 1. The molecule has 0 aromatic rings. The predicted octanol–water partition coefficient (Wildman–Crippen LogP) is 0.879. The summed E-state index contributed by atoms with van der Waals surface area (Å²) in [6.07, 6.45) is 1.63. The predicted molar refractivity (Wildman–Crippen MR) is 31.2 cm³/mol. The fourth-order valence-electron chi connectivity index (χ4n) is 0.964. The van der Waals surface area contributed by atoms with Gasteiger partial charge in [0.05, 0.1) is 0 Å². The number of amides is 1. The van der Waals surface area contributed by atoms with Crippen molar-refractivity contribution in [2.24, 2.45) is 5.73 Å². The van der Waals surface area contributed by atoms with Crippen molar-refractivity contribution in [3.63, 3.8) is 0 Å². The van der Waals surface area contributed by atoms with Crippen molar-refractivity contribution in [2.75, 3.05) is 0 Å². The van der Waals surface area contributed by atoms with Crippen LogP contribution in [0.15, 0.2) is 11.4 Å². The van der Waals surface area contributed by atoms with E-state index in [1.54, 1.807) is 0 Å². The van der Waals surface area contributed by atoms with Gasteiger partial charge in [0, 0.05) is 5.57 Å². The molecule has 0 aliphatic heterocycles. The van der Waals surface area contributed by atoms with Crippen LogP contribution in [0.5, 0.6) is 0 Å². The van der Waals surface area contributed by atoms with E-state index in [1.807, 2.05) is 0 Å². The summed E-state index contributed by atoms with van der Waals surface area (Å²) in [5, 5.41) is 0. The van der Waals surface area contributed by atoms with Crippen LogP contribution in [0.1, 0.15) is 19.3 Å². The summed E-state index contributed by atoms with van der Waals surface area (Å²) in [6.45, 7) is 0. The molecule has 0 aromatic carbocycles. The normalized spacial score (nSPS) is 18.8. The minimum Gasteiger partial charge on any atom is -0.366 e. The number of hydrogen-bond acceptors (Lipinski definition) is 1. The van der Waals surface area contributed by atoms with Gasteiger partial charge in [-0.3, -0.25) is 4.79 Å². The second-order valence-electron chi connectivity index (χ2n) is 2.10. The van der Waals surface area contributed by atoms with Crippen LogP contribution in [-0.4, -0.2) is 5.91 Å². The van der Waals surface area contributed by atoms with E-state index in [0.29, 0.717) is 12.8 Å². The summed E-state index contributed by atoms with van der Waals surface area (Å²) in [6, 6.07) is 0. The topological polar surface area (TPSA) is 43.1 Å². The first-order valence-corrected chi connectivity index (χ1v) is 2.89. The van der Waals surface area contributed by atoms with Gasteiger partial charge in [-0.25, -0.2) is 4.39 Å². The Morgan fingerprint density at radius 1 is 1.56 bits per heavy atom. The average Bonchev–Trinajstić information content (AvgIpc) is 2.13. The molecular weight excluding hydrogens is 121 g/mol. The number of primary amides is 1. The Balaban J connectivity index is 2.78. The van der Waals surface area contributed by atoms with Crippen molar-refractivity contribution in [3.8, 4) is 0 Å². The first-order valence-electron chi connectivity index (χ1n) is 2.89. The number of halogens is 1. The zero-order valence-electron chi connectivity index (χ0n) is 4.98. The van der Waals surface area contributed by atoms with E-state index in [-0.39, 0.29) is 11.4 Å². The maximum absolute atomic E-state index is 12.4. The first-order chi connectivity index (χ1) is 4.22. The molecule has 50 valence electrons. The second-order valence-corrected chi connectivity index (χ2v) is 2.10. The molecule has 0 saturated heterocycles. The Bertz CT molecular complexity index is 174. The Morgan fingerprint density at radius 2 is 2.22 bits per heavy atom. The number of nitrogens with two attached hydrogens (primary N) is 1. The van der Waals surface area contributed by atoms with Crippen molar-refractivity contribution >= 4 is 5.91 Å². The monoisotopic (exact) mass is 129 g/mol. The molecule has 1 amide bonds. The molecule has 0 bridgehead atoms. The van der Waals surface area contributed by atoms with E-state index in [9.17, 15) is 9.18 Å². The first kappa shape index (κ1) is 6.26. The Labute approximate surface area is 52.5 Å². The zero-order chi connectivity index (χ0) is 6.85. The lowest BCUT2D eigenvalue weighted by atomic mass is 10.2. The van der Waals surface area contributed by atoms with Gasteiger partial charge in [-0.05, 0) is 19.3 Å². The van der Waals surface area contributed by atoms with Crippen molar-refractivity contribution in [1.29, 1.82) is 0 Å². The summed E-state index contributed by atoms with van der Waals surface area (Å²) in [7, 11) is 0. The molecule has 1 rings (SSSR count). The number of rotatable bonds is 1. The van der Waals surface area contributed by atoms with Crippen LogP contribution in [0, 0.1) is 0 Å². The minimum atomic E-state index is -0.606. The van der Waals surface area contributed by atoms with Crippen LogP contribution in [-0.2, 0) is 4.79 Å². The summed E-state index contributed by atoms with van der Waals surface area (Å²) in [4.78, 5) is 10.3. The third kappa shape index (κ3) is 1.09. The maximum Gasteiger partial charge on any atom is 0.247 e. The van der Waals surface area contributed by atoms with Crippen molar-refractivity contribution < 1.29 is 9.18 Å². The minimum absolute atomic E-state index is 0.190. The van der Waals surface area contributed by atoms with E-state index < -0.39 is 5.91 Å². The molecule has 2 nitrogen and oxygen atoms in total. The standard InChI is InChI=1S/C6H8FNO/c7-5-3-1-2-4(5)6(8)9/h1-3H2,(H2,8,9). The molecule has 0 aromatic heterocycles. The molecule has 0 radical (unpaired) electrons. The number of hydrogen-bond donors (Lipinski definition) is 1. The van der Waals surface area contributed by atoms with Gasteiger partial charge in [-0.1, -0.05) is 0 Å². The van der Waals surface area contributed by atoms with Crippen molar-refractivity contribution in [3.05, 3.63) is 11.4 Å². The molecule has 3 heteroatoms. The average molecular weight is 129 g/mol. The highest BCUT2D eigenvalue weighted by Crippen LogP contribution is 2.25. The molecule has 9 heavy (non-hydrogen) atoms. The highest BCUT2D eigenvalue weighted by atomic mass is 19.1. The highest BCUT2D eigenvalue weighted by Gasteiger charge is 2.17.